The molecule has 3 aromatic rings. The van der Waals surface area contributed by atoms with Crippen molar-refractivity contribution in [2.24, 2.45) is 10.2 Å². The first-order chi connectivity index (χ1) is 12.1. The Kier molecular flexibility index (Phi) is 4.09. The van der Waals surface area contributed by atoms with Gasteiger partial charge in [0.05, 0.1) is 11.2 Å². The van der Waals surface area contributed by atoms with Crippen LogP contribution in [-0.4, -0.2) is 23.2 Å². The van der Waals surface area contributed by atoms with Gasteiger partial charge in [0.2, 0.25) is 5.88 Å². The van der Waals surface area contributed by atoms with Crippen LogP contribution in [0.5, 0.6) is 5.88 Å². The van der Waals surface area contributed by atoms with Crippen molar-refractivity contribution < 1.29 is 5.11 Å². The van der Waals surface area contributed by atoms with E-state index in [1.165, 1.54) is 18.5 Å². The highest BCUT2D eigenvalue weighted by atomic mass is 35.5. The number of benzene rings is 2. The van der Waals surface area contributed by atoms with Crippen LogP contribution in [0.2, 0.25) is 5.02 Å². The largest absolute Gasteiger partial charge is 0.493 e. The van der Waals surface area contributed by atoms with Gasteiger partial charge in [-0.3, -0.25) is 0 Å². The molecular weight excluding hydrogens is 336 g/mol. The Morgan fingerprint density at radius 2 is 1.92 bits per heavy atom. The molecular formula is C19H19ClN4O. The van der Waals surface area contributed by atoms with Gasteiger partial charge < -0.3 is 15.0 Å². The Labute approximate surface area is 151 Å². The molecule has 4 rings (SSSR count). The van der Waals surface area contributed by atoms with Crippen molar-refractivity contribution in [1.29, 1.82) is 0 Å². The van der Waals surface area contributed by atoms with Gasteiger partial charge in [0.15, 0.2) is 5.69 Å². The molecule has 2 heterocycles. The van der Waals surface area contributed by atoms with Crippen molar-refractivity contribution in [3.8, 4) is 5.88 Å². The predicted octanol–water partition coefficient (Wildman–Crippen LogP) is 5.85. The maximum Gasteiger partial charge on any atom is 0.218 e. The number of anilines is 1. The van der Waals surface area contributed by atoms with Crippen LogP contribution in [0.1, 0.15) is 18.4 Å². The summed E-state index contributed by atoms with van der Waals surface area (Å²) >= 11 is 6.12. The molecule has 2 N–H and O–H groups in total. The molecule has 1 fully saturated rings. The van der Waals surface area contributed by atoms with Gasteiger partial charge in [-0.15, -0.1) is 5.11 Å². The minimum Gasteiger partial charge on any atom is -0.493 e. The number of hydrogen-bond donors (Lipinski definition) is 2. The zero-order chi connectivity index (χ0) is 17.4. The Bertz CT molecular complexity index is 957. The van der Waals surface area contributed by atoms with Crippen molar-refractivity contribution in [2.45, 2.75) is 19.8 Å². The summed E-state index contributed by atoms with van der Waals surface area (Å²) in [5.74, 6) is 0.0250. The molecule has 1 aliphatic heterocycles. The molecule has 0 saturated carbocycles. The molecule has 2 aromatic carbocycles. The molecule has 0 unspecified atom stereocenters. The average molecular weight is 355 g/mol. The minimum absolute atomic E-state index is 0.0250. The van der Waals surface area contributed by atoms with Crippen molar-refractivity contribution in [1.82, 2.24) is 4.98 Å². The fourth-order valence-corrected chi connectivity index (χ4v) is 3.41. The number of nitrogens with one attached hydrogen (secondary N) is 1. The highest BCUT2D eigenvalue weighted by molar-refractivity contribution is 6.31. The van der Waals surface area contributed by atoms with Crippen LogP contribution < -0.4 is 4.90 Å². The second-order valence-electron chi connectivity index (χ2n) is 6.33. The Morgan fingerprint density at radius 1 is 1.12 bits per heavy atom. The van der Waals surface area contributed by atoms with Crippen LogP contribution in [0.4, 0.5) is 17.1 Å². The van der Waals surface area contributed by atoms with E-state index in [-0.39, 0.29) is 5.88 Å². The number of H-pyrrole nitrogens is 1. The number of azo groups is 1. The van der Waals surface area contributed by atoms with Gasteiger partial charge in [-0.05, 0) is 55.7 Å². The van der Waals surface area contributed by atoms with Crippen LogP contribution in [0, 0.1) is 6.92 Å². The van der Waals surface area contributed by atoms with E-state index in [1.54, 1.807) is 0 Å². The Hall–Kier alpha value is -2.53. The van der Waals surface area contributed by atoms with E-state index < -0.39 is 0 Å². The first kappa shape index (κ1) is 16.0. The second kappa shape index (κ2) is 6.41. The lowest BCUT2D eigenvalue weighted by Gasteiger charge is -2.17. The van der Waals surface area contributed by atoms with Crippen LogP contribution in [-0.2, 0) is 0 Å². The summed E-state index contributed by atoms with van der Waals surface area (Å²) in [5.41, 5.74) is 4.03. The van der Waals surface area contributed by atoms with E-state index in [9.17, 15) is 5.11 Å². The maximum absolute atomic E-state index is 10.2. The Morgan fingerprint density at radius 3 is 2.72 bits per heavy atom. The van der Waals surface area contributed by atoms with Crippen LogP contribution >= 0.6 is 11.6 Å². The van der Waals surface area contributed by atoms with Gasteiger partial charge in [-0.25, -0.2) is 0 Å². The van der Waals surface area contributed by atoms with Gasteiger partial charge in [0.1, 0.15) is 0 Å². The fraction of sp³-hybridized carbons (Fsp3) is 0.263. The maximum atomic E-state index is 10.2. The summed E-state index contributed by atoms with van der Waals surface area (Å²) in [6.45, 7) is 4.06. The number of rotatable bonds is 3. The number of nitrogens with zero attached hydrogens (tertiary/aromatic N) is 3. The summed E-state index contributed by atoms with van der Waals surface area (Å²) in [6.07, 6.45) is 2.46. The monoisotopic (exact) mass is 354 g/mol. The Balaban J connectivity index is 1.71. The normalized spacial score (nSPS) is 14.9. The summed E-state index contributed by atoms with van der Waals surface area (Å²) in [4.78, 5) is 5.36. The van der Waals surface area contributed by atoms with E-state index in [0.717, 1.165) is 29.6 Å². The fourth-order valence-electron chi connectivity index (χ4n) is 3.24. The number of hydrogen-bond acceptors (Lipinski definition) is 4. The molecule has 1 aliphatic rings. The van der Waals surface area contributed by atoms with Crippen LogP contribution in [0.3, 0.4) is 0 Å². The molecule has 25 heavy (non-hydrogen) atoms. The van der Waals surface area contributed by atoms with Crippen molar-refractivity contribution in [2.75, 3.05) is 18.0 Å². The molecule has 0 radical (unpaired) electrons. The van der Waals surface area contributed by atoms with E-state index in [0.29, 0.717) is 16.4 Å². The second-order valence-corrected chi connectivity index (χ2v) is 6.74. The van der Waals surface area contributed by atoms with E-state index in [1.807, 2.05) is 31.2 Å². The zero-order valence-corrected chi connectivity index (χ0v) is 14.7. The molecule has 0 amide bonds. The number of aromatic nitrogens is 1. The van der Waals surface area contributed by atoms with Gasteiger partial charge in [-0.2, -0.15) is 5.11 Å². The summed E-state index contributed by atoms with van der Waals surface area (Å²) in [6, 6.07) is 11.6. The SMILES string of the molecule is Cc1c(Cl)cccc1N=Nc1c(O)[nH]c2cc(N3CCCC3)ccc12. The zero-order valence-electron chi connectivity index (χ0n) is 14.0. The van der Waals surface area contributed by atoms with E-state index in [2.05, 4.69) is 32.2 Å². The lowest BCUT2D eigenvalue weighted by atomic mass is 10.2. The molecule has 0 aliphatic carbocycles. The van der Waals surface area contributed by atoms with Gasteiger partial charge >= 0.3 is 0 Å². The quantitative estimate of drug-likeness (QED) is 0.579. The molecule has 0 atom stereocenters. The number of aromatic hydroxyl groups is 1. The third kappa shape index (κ3) is 2.96. The van der Waals surface area contributed by atoms with E-state index in [4.69, 9.17) is 11.6 Å². The summed E-state index contributed by atoms with van der Waals surface area (Å²) < 4.78 is 0. The number of aromatic amines is 1. The third-order valence-corrected chi connectivity index (χ3v) is 5.11. The van der Waals surface area contributed by atoms with Crippen molar-refractivity contribution in [3.63, 3.8) is 0 Å². The molecule has 0 bridgehead atoms. The lowest BCUT2D eigenvalue weighted by molar-refractivity contribution is 0.459. The molecule has 5 nitrogen and oxygen atoms in total. The van der Waals surface area contributed by atoms with Crippen LogP contribution in [0.15, 0.2) is 46.6 Å². The van der Waals surface area contributed by atoms with Gasteiger partial charge in [0.25, 0.3) is 0 Å². The first-order valence-electron chi connectivity index (χ1n) is 8.40. The molecule has 1 aromatic heterocycles. The summed E-state index contributed by atoms with van der Waals surface area (Å²) in [7, 11) is 0. The molecule has 128 valence electrons. The van der Waals surface area contributed by atoms with Gasteiger partial charge in [0, 0.05) is 29.2 Å². The lowest BCUT2D eigenvalue weighted by Crippen LogP contribution is -2.17. The highest BCUT2D eigenvalue weighted by Gasteiger charge is 2.16. The first-order valence-corrected chi connectivity index (χ1v) is 8.78. The number of fused-ring (bicyclic) bond motifs is 1. The third-order valence-electron chi connectivity index (χ3n) is 4.70. The van der Waals surface area contributed by atoms with E-state index >= 15 is 0 Å². The minimum atomic E-state index is 0.0250. The smallest absolute Gasteiger partial charge is 0.218 e. The topological polar surface area (TPSA) is 64.0 Å². The number of halogens is 1. The summed E-state index contributed by atoms with van der Waals surface area (Å²) in [5, 5.41) is 20.3. The highest BCUT2D eigenvalue weighted by Crippen LogP contribution is 2.38. The van der Waals surface area contributed by atoms with Crippen LogP contribution in [0.25, 0.3) is 10.9 Å². The molecule has 1 saturated heterocycles. The standard InChI is InChI=1S/C19H19ClN4O/c1-12-15(20)5-4-6-16(12)22-23-18-14-8-7-13(24-9-2-3-10-24)11-17(14)21-19(18)25/h4-8,11,21,25H,2-3,9-10H2,1H3. The van der Waals surface area contributed by atoms with Gasteiger partial charge in [-0.1, -0.05) is 17.7 Å². The molecule has 6 heteroatoms. The predicted molar refractivity (Wildman–Crippen MR) is 102 cm³/mol. The van der Waals surface area contributed by atoms with Crippen molar-refractivity contribution in [3.05, 3.63) is 47.0 Å². The molecule has 0 spiro atoms. The average Bonchev–Trinajstić information content (AvgIpc) is 3.23. The van der Waals surface area contributed by atoms with Crippen molar-refractivity contribution >= 4 is 39.6 Å².